The summed E-state index contributed by atoms with van der Waals surface area (Å²) >= 11 is 9.30. The summed E-state index contributed by atoms with van der Waals surface area (Å²) in [5.74, 6) is 0. The van der Waals surface area contributed by atoms with Crippen molar-refractivity contribution in [3.8, 4) is 6.07 Å². The Kier molecular flexibility index (Phi) is 4.57. The molecule has 2 rings (SSSR count). The standard InChI is InChI=1S/C14H10BrClN2O2S/c1-9-11(15)3-2-4-13(9)18-21(19,20)14-6-5-10(8-17)7-12(14)16/h2-7,18H,1H3. The Labute approximate surface area is 136 Å². The fourth-order valence-corrected chi connectivity index (χ4v) is 3.74. The van der Waals surface area contributed by atoms with Crippen molar-refractivity contribution in [3.63, 3.8) is 0 Å². The van der Waals surface area contributed by atoms with Gasteiger partial charge in [-0.3, -0.25) is 4.72 Å². The SMILES string of the molecule is Cc1c(Br)cccc1NS(=O)(=O)c1ccc(C#N)cc1Cl. The van der Waals surface area contributed by atoms with E-state index in [1.165, 1.54) is 18.2 Å². The van der Waals surface area contributed by atoms with E-state index in [9.17, 15) is 8.42 Å². The van der Waals surface area contributed by atoms with E-state index in [-0.39, 0.29) is 9.92 Å². The summed E-state index contributed by atoms with van der Waals surface area (Å²) in [6.07, 6.45) is 0. The highest BCUT2D eigenvalue weighted by Crippen LogP contribution is 2.28. The fraction of sp³-hybridized carbons (Fsp3) is 0.0714. The summed E-state index contributed by atoms with van der Waals surface area (Å²) in [4.78, 5) is -0.0671. The van der Waals surface area contributed by atoms with Gasteiger partial charge in [0.15, 0.2) is 0 Å². The van der Waals surface area contributed by atoms with Crippen molar-refractivity contribution in [2.45, 2.75) is 11.8 Å². The molecule has 0 radical (unpaired) electrons. The maximum atomic E-state index is 12.4. The first kappa shape index (κ1) is 15.8. The Morgan fingerprint density at radius 2 is 2.00 bits per heavy atom. The van der Waals surface area contributed by atoms with Crippen molar-refractivity contribution in [2.75, 3.05) is 4.72 Å². The number of nitrogens with one attached hydrogen (secondary N) is 1. The quantitative estimate of drug-likeness (QED) is 0.865. The molecule has 1 N–H and O–H groups in total. The summed E-state index contributed by atoms with van der Waals surface area (Å²) in [5.41, 5.74) is 1.54. The number of halogens is 2. The van der Waals surface area contributed by atoms with E-state index in [4.69, 9.17) is 16.9 Å². The van der Waals surface area contributed by atoms with Crippen LogP contribution in [0, 0.1) is 18.3 Å². The van der Waals surface area contributed by atoms with Gasteiger partial charge in [-0.2, -0.15) is 5.26 Å². The maximum absolute atomic E-state index is 12.4. The lowest BCUT2D eigenvalue weighted by Crippen LogP contribution is -2.14. The molecule has 21 heavy (non-hydrogen) atoms. The van der Waals surface area contributed by atoms with Gasteiger partial charge in [0.2, 0.25) is 0 Å². The number of nitrogens with zero attached hydrogens (tertiary/aromatic N) is 1. The smallest absolute Gasteiger partial charge is 0.263 e. The van der Waals surface area contributed by atoms with E-state index < -0.39 is 10.0 Å². The van der Waals surface area contributed by atoms with Crippen LogP contribution in [0.5, 0.6) is 0 Å². The molecule has 7 heteroatoms. The van der Waals surface area contributed by atoms with Gasteiger partial charge in [0.1, 0.15) is 4.90 Å². The zero-order valence-corrected chi connectivity index (χ0v) is 14.1. The Morgan fingerprint density at radius 3 is 2.62 bits per heavy atom. The zero-order valence-electron chi connectivity index (χ0n) is 10.9. The van der Waals surface area contributed by atoms with Crippen LogP contribution in [-0.4, -0.2) is 8.42 Å². The number of sulfonamides is 1. The largest absolute Gasteiger partial charge is 0.279 e. The number of rotatable bonds is 3. The zero-order chi connectivity index (χ0) is 15.6. The van der Waals surface area contributed by atoms with Crippen molar-refractivity contribution < 1.29 is 8.42 Å². The van der Waals surface area contributed by atoms with Gasteiger partial charge in [-0.15, -0.1) is 0 Å². The summed E-state index contributed by atoms with van der Waals surface area (Å²) in [6, 6.07) is 11.2. The predicted molar refractivity (Wildman–Crippen MR) is 85.9 cm³/mol. The van der Waals surface area contributed by atoms with Gasteiger partial charge < -0.3 is 0 Å². The molecule has 0 aromatic heterocycles. The predicted octanol–water partition coefficient (Wildman–Crippen LogP) is 4.08. The lowest BCUT2D eigenvalue weighted by Gasteiger charge is -2.12. The normalized spacial score (nSPS) is 11.0. The molecule has 0 amide bonds. The molecule has 0 unspecified atom stereocenters. The molecule has 0 saturated heterocycles. The fourth-order valence-electron chi connectivity index (χ4n) is 1.71. The van der Waals surface area contributed by atoms with Crippen molar-refractivity contribution in [2.24, 2.45) is 0 Å². The van der Waals surface area contributed by atoms with E-state index in [0.29, 0.717) is 11.3 Å². The Bertz CT molecular complexity index is 845. The Hall–Kier alpha value is -1.55. The van der Waals surface area contributed by atoms with Gasteiger partial charge in [0, 0.05) is 4.47 Å². The minimum atomic E-state index is -3.82. The molecular formula is C14H10BrClN2O2S. The van der Waals surface area contributed by atoms with Crippen LogP contribution in [0.3, 0.4) is 0 Å². The van der Waals surface area contributed by atoms with E-state index in [1.54, 1.807) is 19.1 Å². The molecule has 0 fully saturated rings. The number of hydrogen-bond donors (Lipinski definition) is 1. The first-order valence-corrected chi connectivity index (χ1v) is 8.48. The minimum absolute atomic E-state index is 0.00852. The number of anilines is 1. The van der Waals surface area contributed by atoms with Crippen molar-refractivity contribution in [3.05, 3.63) is 57.0 Å². The molecule has 0 saturated carbocycles. The average Bonchev–Trinajstić information content (AvgIpc) is 2.43. The van der Waals surface area contributed by atoms with Gasteiger partial charge in [-0.05, 0) is 42.8 Å². The maximum Gasteiger partial charge on any atom is 0.263 e. The van der Waals surface area contributed by atoms with Crippen LogP contribution in [0.15, 0.2) is 45.8 Å². The molecule has 0 aliphatic carbocycles. The van der Waals surface area contributed by atoms with Crippen LogP contribution >= 0.6 is 27.5 Å². The molecule has 0 spiro atoms. The molecule has 108 valence electrons. The van der Waals surface area contributed by atoms with Crippen LogP contribution in [0.4, 0.5) is 5.69 Å². The third-order valence-electron chi connectivity index (χ3n) is 2.86. The molecule has 0 aliphatic rings. The second-order valence-electron chi connectivity index (χ2n) is 4.27. The van der Waals surface area contributed by atoms with E-state index in [2.05, 4.69) is 20.7 Å². The monoisotopic (exact) mass is 384 g/mol. The van der Waals surface area contributed by atoms with Crippen molar-refractivity contribution >= 4 is 43.2 Å². The number of benzene rings is 2. The third-order valence-corrected chi connectivity index (χ3v) is 5.57. The highest BCUT2D eigenvalue weighted by Gasteiger charge is 2.19. The molecule has 0 atom stereocenters. The Balaban J connectivity index is 2.44. The number of hydrogen-bond acceptors (Lipinski definition) is 3. The van der Waals surface area contributed by atoms with Gasteiger partial charge in [0.05, 0.1) is 22.3 Å². The molecule has 0 heterocycles. The van der Waals surface area contributed by atoms with Crippen LogP contribution < -0.4 is 4.72 Å². The first-order chi connectivity index (χ1) is 9.85. The lowest BCUT2D eigenvalue weighted by molar-refractivity contribution is 0.601. The van der Waals surface area contributed by atoms with Crippen LogP contribution in [0.2, 0.25) is 5.02 Å². The molecule has 0 aliphatic heterocycles. The van der Waals surface area contributed by atoms with Gasteiger partial charge in [-0.1, -0.05) is 33.6 Å². The van der Waals surface area contributed by atoms with Gasteiger partial charge in [-0.25, -0.2) is 8.42 Å². The summed E-state index contributed by atoms with van der Waals surface area (Å²) in [6.45, 7) is 1.79. The minimum Gasteiger partial charge on any atom is -0.279 e. The molecule has 4 nitrogen and oxygen atoms in total. The average molecular weight is 386 g/mol. The summed E-state index contributed by atoms with van der Waals surface area (Å²) in [7, 11) is -3.82. The lowest BCUT2D eigenvalue weighted by atomic mass is 10.2. The second-order valence-corrected chi connectivity index (χ2v) is 7.19. The topological polar surface area (TPSA) is 70.0 Å². The van der Waals surface area contributed by atoms with Gasteiger partial charge in [0.25, 0.3) is 10.0 Å². The first-order valence-electron chi connectivity index (χ1n) is 5.83. The third kappa shape index (κ3) is 3.38. The molecule has 2 aromatic carbocycles. The molecular weight excluding hydrogens is 376 g/mol. The molecule has 0 bridgehead atoms. The molecule has 2 aromatic rings. The highest BCUT2D eigenvalue weighted by atomic mass is 79.9. The van der Waals surface area contributed by atoms with Crippen LogP contribution in [0.25, 0.3) is 0 Å². The van der Waals surface area contributed by atoms with E-state index in [0.717, 1.165) is 10.0 Å². The van der Waals surface area contributed by atoms with E-state index in [1.807, 2.05) is 12.1 Å². The van der Waals surface area contributed by atoms with E-state index >= 15 is 0 Å². The van der Waals surface area contributed by atoms with Crippen molar-refractivity contribution in [1.82, 2.24) is 0 Å². The van der Waals surface area contributed by atoms with Crippen LogP contribution in [-0.2, 0) is 10.0 Å². The summed E-state index contributed by atoms with van der Waals surface area (Å²) < 4.78 is 28.1. The Morgan fingerprint density at radius 1 is 1.29 bits per heavy atom. The van der Waals surface area contributed by atoms with Gasteiger partial charge >= 0.3 is 0 Å². The summed E-state index contributed by atoms with van der Waals surface area (Å²) in [5, 5.41) is 8.79. The highest BCUT2D eigenvalue weighted by molar-refractivity contribution is 9.10. The second kappa shape index (κ2) is 6.06. The van der Waals surface area contributed by atoms with Crippen LogP contribution in [0.1, 0.15) is 11.1 Å². The van der Waals surface area contributed by atoms with Crippen molar-refractivity contribution in [1.29, 1.82) is 5.26 Å². The number of nitriles is 1.